The second-order valence-corrected chi connectivity index (χ2v) is 8.16. The molecule has 2 amide bonds. The van der Waals surface area contributed by atoms with Crippen molar-refractivity contribution in [3.8, 4) is 0 Å². The molecule has 9 heteroatoms. The molecule has 3 heterocycles. The van der Waals surface area contributed by atoms with E-state index in [0.29, 0.717) is 41.6 Å². The quantitative estimate of drug-likeness (QED) is 0.681. The van der Waals surface area contributed by atoms with Gasteiger partial charge >= 0.3 is 0 Å². The van der Waals surface area contributed by atoms with Crippen molar-refractivity contribution < 1.29 is 14.2 Å². The fourth-order valence-corrected chi connectivity index (χ4v) is 4.02. The number of aryl methyl sites for hydroxylation is 1. The van der Waals surface area contributed by atoms with Crippen LogP contribution in [-0.2, 0) is 11.3 Å². The van der Waals surface area contributed by atoms with Gasteiger partial charge in [0.15, 0.2) is 0 Å². The highest BCUT2D eigenvalue weighted by Gasteiger charge is 2.39. The maximum Gasteiger partial charge on any atom is 0.270 e. The molecule has 1 atom stereocenters. The predicted molar refractivity (Wildman–Crippen MR) is 107 cm³/mol. The van der Waals surface area contributed by atoms with E-state index in [-0.39, 0.29) is 18.4 Å². The van der Waals surface area contributed by atoms with Crippen LogP contribution < -0.4 is 5.32 Å². The van der Waals surface area contributed by atoms with E-state index in [1.165, 1.54) is 0 Å². The van der Waals surface area contributed by atoms with E-state index in [0.717, 1.165) is 17.3 Å². The molecule has 0 radical (unpaired) electrons. The molecule has 152 valence electrons. The number of fused-ring (bicyclic) bond motifs is 1. The minimum atomic E-state index is -0.678. The Bertz CT molecular complexity index is 1080. The lowest BCUT2D eigenvalue weighted by Crippen LogP contribution is -2.51. The molecule has 1 fully saturated rings. The molecule has 2 aromatic heterocycles. The highest BCUT2D eigenvalue weighted by molar-refractivity contribution is 6.35. The SMILES string of the molecule is Cc1nonc1CNC(=O)[C@@]1(C)CCCN(C(=O)c2cc3c(Cl)cccc3[nH]2)C1. The number of hydrogen-bond donors (Lipinski definition) is 2. The van der Waals surface area contributed by atoms with Crippen LogP contribution in [0, 0.1) is 12.3 Å². The number of nitrogens with one attached hydrogen (secondary N) is 2. The number of piperidine rings is 1. The average molecular weight is 416 g/mol. The number of rotatable bonds is 4. The van der Waals surface area contributed by atoms with E-state index in [9.17, 15) is 9.59 Å². The first-order valence-corrected chi connectivity index (χ1v) is 9.88. The summed E-state index contributed by atoms with van der Waals surface area (Å²) in [4.78, 5) is 30.8. The Morgan fingerprint density at radius 3 is 2.93 bits per heavy atom. The summed E-state index contributed by atoms with van der Waals surface area (Å²) in [5.74, 6) is -0.246. The zero-order valence-electron chi connectivity index (χ0n) is 16.3. The van der Waals surface area contributed by atoms with Gasteiger partial charge in [-0.2, -0.15) is 0 Å². The minimum absolute atomic E-state index is 0.114. The number of amides is 2. The van der Waals surface area contributed by atoms with Crippen molar-refractivity contribution >= 4 is 34.3 Å². The van der Waals surface area contributed by atoms with Gasteiger partial charge in [0.2, 0.25) is 5.91 Å². The molecule has 1 saturated heterocycles. The third kappa shape index (κ3) is 3.72. The molecule has 8 nitrogen and oxygen atoms in total. The number of hydrogen-bond acceptors (Lipinski definition) is 5. The fourth-order valence-electron chi connectivity index (χ4n) is 3.79. The Hall–Kier alpha value is -2.87. The van der Waals surface area contributed by atoms with E-state index in [1.54, 1.807) is 24.0 Å². The Labute approximate surface area is 172 Å². The third-order valence-electron chi connectivity index (χ3n) is 5.54. The number of aromatic nitrogens is 3. The zero-order chi connectivity index (χ0) is 20.6. The number of H-pyrrole nitrogens is 1. The van der Waals surface area contributed by atoms with Crippen LogP contribution in [0.4, 0.5) is 0 Å². The first-order valence-electron chi connectivity index (χ1n) is 9.50. The molecule has 1 aliphatic rings. The van der Waals surface area contributed by atoms with E-state index < -0.39 is 5.41 Å². The van der Waals surface area contributed by atoms with Gasteiger partial charge in [-0.1, -0.05) is 28.0 Å². The van der Waals surface area contributed by atoms with Gasteiger partial charge in [-0.05, 0) is 44.9 Å². The molecule has 2 N–H and O–H groups in total. The van der Waals surface area contributed by atoms with E-state index >= 15 is 0 Å². The highest BCUT2D eigenvalue weighted by Crippen LogP contribution is 2.31. The number of benzene rings is 1. The summed E-state index contributed by atoms with van der Waals surface area (Å²) in [6, 6.07) is 7.28. The molecule has 0 aliphatic carbocycles. The second-order valence-electron chi connectivity index (χ2n) is 7.75. The van der Waals surface area contributed by atoms with Crippen LogP contribution in [0.25, 0.3) is 10.9 Å². The van der Waals surface area contributed by atoms with Crippen LogP contribution in [0.2, 0.25) is 5.02 Å². The molecule has 29 heavy (non-hydrogen) atoms. The van der Waals surface area contributed by atoms with Crippen LogP contribution in [0.1, 0.15) is 41.6 Å². The van der Waals surface area contributed by atoms with Gasteiger partial charge < -0.3 is 15.2 Å². The van der Waals surface area contributed by atoms with Gasteiger partial charge in [0.05, 0.1) is 12.0 Å². The molecule has 0 bridgehead atoms. The lowest BCUT2D eigenvalue weighted by Gasteiger charge is -2.39. The maximum atomic E-state index is 13.1. The molecule has 1 aliphatic heterocycles. The predicted octanol–water partition coefficient (Wildman–Crippen LogP) is 3.07. The second kappa shape index (κ2) is 7.51. The van der Waals surface area contributed by atoms with Crippen molar-refractivity contribution in [2.75, 3.05) is 13.1 Å². The van der Waals surface area contributed by atoms with Gasteiger partial charge in [0, 0.05) is 29.0 Å². The standard InChI is InChI=1S/C20H22ClN5O3/c1-12-17(25-29-24-12)10-22-19(28)20(2)7-4-8-26(11-20)18(27)16-9-13-14(21)5-3-6-15(13)23-16/h3,5-6,9,23H,4,7-8,10-11H2,1-2H3,(H,22,28)/t20-/m0/s1. The van der Waals surface area contributed by atoms with Crippen molar-refractivity contribution in [1.82, 2.24) is 25.5 Å². The normalized spacial score (nSPS) is 19.5. The van der Waals surface area contributed by atoms with Crippen molar-refractivity contribution in [1.29, 1.82) is 0 Å². The summed E-state index contributed by atoms with van der Waals surface area (Å²) >= 11 is 6.22. The Balaban J connectivity index is 1.47. The van der Waals surface area contributed by atoms with Crippen molar-refractivity contribution in [3.63, 3.8) is 0 Å². The number of carbonyl (C=O) groups is 2. The van der Waals surface area contributed by atoms with E-state index in [4.69, 9.17) is 11.6 Å². The number of carbonyl (C=O) groups excluding carboxylic acids is 2. The van der Waals surface area contributed by atoms with Crippen LogP contribution in [0.5, 0.6) is 0 Å². The smallest absolute Gasteiger partial charge is 0.270 e. The largest absolute Gasteiger partial charge is 0.350 e. The summed E-state index contributed by atoms with van der Waals surface area (Å²) in [5, 5.41) is 11.8. The molecule has 3 aromatic rings. The van der Waals surface area contributed by atoms with Gasteiger partial charge in [-0.15, -0.1) is 0 Å². The van der Waals surface area contributed by atoms with Crippen molar-refractivity contribution in [3.05, 3.63) is 46.4 Å². The molecular formula is C20H22ClN5O3. The molecule has 1 aromatic carbocycles. The summed E-state index contributed by atoms with van der Waals surface area (Å²) < 4.78 is 4.66. The number of likely N-dealkylation sites (tertiary alicyclic amines) is 1. The number of aromatic amines is 1. The molecule has 0 unspecified atom stereocenters. The first kappa shape index (κ1) is 19.4. The van der Waals surface area contributed by atoms with Gasteiger partial charge in [0.1, 0.15) is 17.1 Å². The molecule has 4 rings (SSSR count). The summed E-state index contributed by atoms with van der Waals surface area (Å²) in [6.45, 7) is 4.86. The van der Waals surface area contributed by atoms with E-state index in [1.807, 2.05) is 19.1 Å². The summed E-state index contributed by atoms with van der Waals surface area (Å²) in [7, 11) is 0. The lowest BCUT2D eigenvalue weighted by molar-refractivity contribution is -0.132. The average Bonchev–Trinajstić information content (AvgIpc) is 3.32. The number of nitrogens with zero attached hydrogens (tertiary/aromatic N) is 3. The monoisotopic (exact) mass is 415 g/mol. The van der Waals surface area contributed by atoms with E-state index in [2.05, 4.69) is 25.2 Å². The summed E-state index contributed by atoms with van der Waals surface area (Å²) in [5.41, 5.74) is 1.86. The van der Waals surface area contributed by atoms with Crippen LogP contribution in [-0.4, -0.2) is 45.1 Å². The molecular weight excluding hydrogens is 394 g/mol. The minimum Gasteiger partial charge on any atom is -0.350 e. The maximum absolute atomic E-state index is 13.1. The first-order chi connectivity index (χ1) is 13.9. The molecule has 0 saturated carbocycles. The van der Waals surface area contributed by atoms with Crippen LogP contribution in [0.3, 0.4) is 0 Å². The fraction of sp³-hybridized carbons (Fsp3) is 0.400. The van der Waals surface area contributed by atoms with Crippen molar-refractivity contribution in [2.45, 2.75) is 33.2 Å². The van der Waals surface area contributed by atoms with Crippen LogP contribution >= 0.6 is 11.6 Å². The Morgan fingerprint density at radius 1 is 1.38 bits per heavy atom. The topological polar surface area (TPSA) is 104 Å². The van der Waals surface area contributed by atoms with Gasteiger partial charge in [0.25, 0.3) is 5.91 Å². The Morgan fingerprint density at radius 2 is 2.21 bits per heavy atom. The Kier molecular flexibility index (Phi) is 5.04. The third-order valence-corrected chi connectivity index (χ3v) is 5.87. The molecule has 0 spiro atoms. The van der Waals surface area contributed by atoms with Gasteiger partial charge in [-0.25, -0.2) is 4.63 Å². The lowest BCUT2D eigenvalue weighted by atomic mass is 9.80. The number of halogens is 1. The van der Waals surface area contributed by atoms with Gasteiger partial charge in [-0.3, -0.25) is 9.59 Å². The van der Waals surface area contributed by atoms with Crippen molar-refractivity contribution in [2.24, 2.45) is 5.41 Å². The highest BCUT2D eigenvalue weighted by atomic mass is 35.5. The van der Waals surface area contributed by atoms with Crippen LogP contribution in [0.15, 0.2) is 28.9 Å². The summed E-state index contributed by atoms with van der Waals surface area (Å²) in [6.07, 6.45) is 1.46. The zero-order valence-corrected chi connectivity index (χ0v) is 17.0.